The molecule has 0 aliphatic rings. The van der Waals surface area contributed by atoms with Crippen molar-refractivity contribution in [3.63, 3.8) is 0 Å². The molecule has 0 unspecified atom stereocenters. The third kappa shape index (κ3) is 3.57. The molecule has 0 aliphatic heterocycles. The summed E-state index contributed by atoms with van der Waals surface area (Å²) < 4.78 is 5.57. The van der Waals surface area contributed by atoms with Crippen LogP contribution < -0.4 is 10.1 Å². The van der Waals surface area contributed by atoms with E-state index < -0.39 is 11.9 Å². The molecule has 2 N–H and O–H groups in total. The quantitative estimate of drug-likeness (QED) is 0.884. The van der Waals surface area contributed by atoms with Gasteiger partial charge in [0.15, 0.2) is 0 Å². The number of nitrogens with zero attached hydrogens (tertiary/aromatic N) is 1. The first-order valence-corrected chi connectivity index (χ1v) is 6.65. The predicted molar refractivity (Wildman–Crippen MR) is 79.8 cm³/mol. The number of carbonyl (C=O) groups is 2. The minimum Gasteiger partial charge on any atom is -0.481 e. The summed E-state index contributed by atoms with van der Waals surface area (Å²) in [6, 6.07) is 7.62. The number of anilines is 1. The summed E-state index contributed by atoms with van der Waals surface area (Å²) in [6.07, 6.45) is 1.35. The third-order valence-electron chi connectivity index (χ3n) is 2.67. The highest BCUT2D eigenvalue weighted by atomic mass is 79.9. The second kappa shape index (κ2) is 6.36. The first kappa shape index (κ1) is 15.0. The predicted octanol–water partition coefficient (Wildman–Crippen LogP) is 2.80. The van der Waals surface area contributed by atoms with Crippen LogP contribution in [0.4, 0.5) is 5.69 Å². The van der Waals surface area contributed by atoms with Crippen molar-refractivity contribution >= 4 is 33.5 Å². The molecule has 1 aromatic heterocycles. The molecule has 1 heterocycles. The Bertz CT molecular complexity index is 686. The monoisotopic (exact) mass is 350 g/mol. The van der Waals surface area contributed by atoms with Crippen molar-refractivity contribution in [3.05, 3.63) is 52.1 Å². The number of aromatic carboxylic acids is 1. The van der Waals surface area contributed by atoms with Gasteiger partial charge in [0, 0.05) is 16.7 Å². The van der Waals surface area contributed by atoms with E-state index in [1.54, 1.807) is 18.2 Å². The number of pyridine rings is 1. The van der Waals surface area contributed by atoms with E-state index in [1.165, 1.54) is 25.4 Å². The van der Waals surface area contributed by atoms with Gasteiger partial charge in [0.25, 0.3) is 5.91 Å². The lowest BCUT2D eigenvalue weighted by Crippen LogP contribution is -2.15. The van der Waals surface area contributed by atoms with Crippen molar-refractivity contribution in [3.8, 4) is 5.88 Å². The number of nitrogens with one attached hydrogen (secondary N) is 1. The lowest BCUT2D eigenvalue weighted by atomic mass is 10.1. The molecule has 1 amide bonds. The zero-order chi connectivity index (χ0) is 15.4. The Morgan fingerprint density at radius 2 is 2.05 bits per heavy atom. The van der Waals surface area contributed by atoms with Gasteiger partial charge < -0.3 is 15.2 Å². The van der Waals surface area contributed by atoms with Crippen LogP contribution >= 0.6 is 15.9 Å². The number of carboxylic acid groups (broad SMARTS) is 1. The second-order valence-corrected chi connectivity index (χ2v) is 4.95. The number of carbonyl (C=O) groups excluding carboxylic acids is 1. The van der Waals surface area contributed by atoms with Gasteiger partial charge in [-0.1, -0.05) is 15.9 Å². The van der Waals surface area contributed by atoms with Gasteiger partial charge in [0.05, 0.1) is 23.9 Å². The van der Waals surface area contributed by atoms with Gasteiger partial charge in [-0.25, -0.2) is 9.78 Å². The SMILES string of the molecule is COc1ccc(C(=O)Nc2cc(Br)ccc2C(=O)O)cn1. The van der Waals surface area contributed by atoms with Crippen LogP contribution in [0, 0.1) is 0 Å². The number of aromatic nitrogens is 1. The van der Waals surface area contributed by atoms with E-state index in [0.717, 1.165) is 0 Å². The Morgan fingerprint density at radius 3 is 2.62 bits per heavy atom. The minimum atomic E-state index is -1.12. The van der Waals surface area contributed by atoms with Crippen LogP contribution in [0.25, 0.3) is 0 Å². The van der Waals surface area contributed by atoms with Gasteiger partial charge in [-0.05, 0) is 24.3 Å². The number of amides is 1. The summed E-state index contributed by atoms with van der Waals surface area (Å²) in [5, 5.41) is 11.7. The highest BCUT2D eigenvalue weighted by Gasteiger charge is 2.14. The molecule has 1 aromatic carbocycles. The molecule has 7 heteroatoms. The van der Waals surface area contributed by atoms with E-state index in [1.807, 2.05) is 0 Å². The lowest BCUT2D eigenvalue weighted by molar-refractivity contribution is 0.0698. The van der Waals surface area contributed by atoms with Crippen molar-refractivity contribution in [2.45, 2.75) is 0 Å². The Labute approximate surface area is 128 Å². The van der Waals surface area contributed by atoms with Crippen molar-refractivity contribution in [2.75, 3.05) is 12.4 Å². The molecule has 0 saturated heterocycles. The molecule has 0 spiro atoms. The molecule has 21 heavy (non-hydrogen) atoms. The summed E-state index contributed by atoms with van der Waals surface area (Å²) in [7, 11) is 1.47. The number of methoxy groups -OCH3 is 1. The molecular weight excluding hydrogens is 340 g/mol. The smallest absolute Gasteiger partial charge is 0.337 e. The van der Waals surface area contributed by atoms with E-state index in [2.05, 4.69) is 26.2 Å². The van der Waals surface area contributed by atoms with Crippen LogP contribution in [0.15, 0.2) is 41.0 Å². The summed E-state index contributed by atoms with van der Waals surface area (Å²) in [5.41, 5.74) is 0.512. The molecule has 6 nitrogen and oxygen atoms in total. The first-order chi connectivity index (χ1) is 10.0. The number of carboxylic acids is 1. The van der Waals surface area contributed by atoms with Crippen molar-refractivity contribution in [1.82, 2.24) is 4.98 Å². The maximum atomic E-state index is 12.1. The molecule has 0 radical (unpaired) electrons. The second-order valence-electron chi connectivity index (χ2n) is 4.04. The Balaban J connectivity index is 2.26. The molecule has 0 bridgehead atoms. The summed E-state index contributed by atoms with van der Waals surface area (Å²) >= 11 is 3.24. The van der Waals surface area contributed by atoms with Crippen LogP contribution in [0.1, 0.15) is 20.7 Å². The van der Waals surface area contributed by atoms with Gasteiger partial charge in [-0.15, -0.1) is 0 Å². The number of hydrogen-bond donors (Lipinski definition) is 2. The van der Waals surface area contributed by atoms with E-state index >= 15 is 0 Å². The van der Waals surface area contributed by atoms with Crippen molar-refractivity contribution in [2.24, 2.45) is 0 Å². The van der Waals surface area contributed by atoms with Crippen LogP contribution in [-0.2, 0) is 0 Å². The third-order valence-corrected chi connectivity index (χ3v) is 3.16. The molecule has 0 aliphatic carbocycles. The largest absolute Gasteiger partial charge is 0.481 e. The number of halogens is 1. The lowest BCUT2D eigenvalue weighted by Gasteiger charge is -2.09. The molecule has 0 saturated carbocycles. The van der Waals surface area contributed by atoms with Gasteiger partial charge in [0.2, 0.25) is 5.88 Å². The number of ether oxygens (including phenoxy) is 1. The van der Waals surface area contributed by atoms with Crippen LogP contribution in [0.2, 0.25) is 0 Å². The van der Waals surface area contributed by atoms with Crippen LogP contribution in [-0.4, -0.2) is 29.1 Å². The highest BCUT2D eigenvalue weighted by Crippen LogP contribution is 2.22. The Kier molecular flexibility index (Phi) is 4.54. The van der Waals surface area contributed by atoms with E-state index in [4.69, 9.17) is 9.84 Å². The zero-order valence-corrected chi connectivity index (χ0v) is 12.5. The molecule has 2 rings (SSSR count). The molecule has 2 aromatic rings. The van der Waals surface area contributed by atoms with E-state index in [0.29, 0.717) is 15.9 Å². The average Bonchev–Trinajstić information content (AvgIpc) is 2.47. The topological polar surface area (TPSA) is 88.5 Å². The fourth-order valence-electron chi connectivity index (χ4n) is 1.64. The van der Waals surface area contributed by atoms with Gasteiger partial charge in [0.1, 0.15) is 0 Å². The molecule has 0 fully saturated rings. The first-order valence-electron chi connectivity index (χ1n) is 5.85. The van der Waals surface area contributed by atoms with Gasteiger partial charge >= 0.3 is 5.97 Å². The summed E-state index contributed by atoms with van der Waals surface area (Å²) in [6.45, 7) is 0. The Morgan fingerprint density at radius 1 is 1.29 bits per heavy atom. The maximum Gasteiger partial charge on any atom is 0.337 e. The standard InChI is InChI=1S/C14H11BrN2O4/c1-21-12-5-2-8(7-16-12)13(18)17-11-6-9(15)3-4-10(11)14(19)20/h2-7H,1H3,(H,17,18)(H,19,20). The fourth-order valence-corrected chi connectivity index (χ4v) is 2.00. The molecule has 108 valence electrons. The van der Waals surface area contributed by atoms with Crippen LogP contribution in [0.5, 0.6) is 5.88 Å². The summed E-state index contributed by atoms with van der Waals surface area (Å²) in [5.74, 6) is -1.18. The maximum absolute atomic E-state index is 12.1. The van der Waals surface area contributed by atoms with E-state index in [9.17, 15) is 9.59 Å². The highest BCUT2D eigenvalue weighted by molar-refractivity contribution is 9.10. The molecule has 0 atom stereocenters. The number of rotatable bonds is 4. The van der Waals surface area contributed by atoms with Gasteiger partial charge in [-0.2, -0.15) is 0 Å². The fraction of sp³-hybridized carbons (Fsp3) is 0.0714. The van der Waals surface area contributed by atoms with Crippen molar-refractivity contribution in [1.29, 1.82) is 0 Å². The van der Waals surface area contributed by atoms with Crippen LogP contribution in [0.3, 0.4) is 0 Å². The zero-order valence-electron chi connectivity index (χ0n) is 11.0. The average molecular weight is 351 g/mol. The normalized spacial score (nSPS) is 10.0. The Hall–Kier alpha value is -2.41. The van der Waals surface area contributed by atoms with E-state index in [-0.39, 0.29) is 11.3 Å². The van der Waals surface area contributed by atoms with Gasteiger partial charge in [-0.3, -0.25) is 4.79 Å². The number of benzene rings is 1. The molecular formula is C14H11BrN2O4. The minimum absolute atomic E-state index is 0.00743. The van der Waals surface area contributed by atoms with Crippen molar-refractivity contribution < 1.29 is 19.4 Å². The summed E-state index contributed by atoms with van der Waals surface area (Å²) in [4.78, 5) is 27.2. The number of hydrogen-bond acceptors (Lipinski definition) is 4.